The number of rotatable bonds is 12. The van der Waals surface area contributed by atoms with Gasteiger partial charge in [0, 0.05) is 0 Å². The second kappa shape index (κ2) is 10.5. The summed E-state index contributed by atoms with van der Waals surface area (Å²) in [7, 11) is 0. The lowest BCUT2D eigenvalue weighted by Gasteiger charge is -2.04. The lowest BCUT2D eigenvalue weighted by molar-refractivity contribution is -0.654. The van der Waals surface area contributed by atoms with Gasteiger partial charge in [-0.1, -0.05) is 39.5 Å². The quantitative estimate of drug-likeness (QED) is 0.246. The van der Waals surface area contributed by atoms with Crippen molar-refractivity contribution < 1.29 is 4.57 Å². The summed E-state index contributed by atoms with van der Waals surface area (Å²) in [5, 5.41) is 8.59. The number of nitrogens with one attached hydrogen (secondary N) is 2. The van der Waals surface area contributed by atoms with E-state index >= 15 is 0 Å². The maximum atomic E-state index is 7.36. The monoisotopic (exact) mass is 361 g/mol. The molecular formula is C20H33N4S+. The smallest absolute Gasteiger partial charge is 0.265 e. The van der Waals surface area contributed by atoms with Crippen molar-refractivity contribution in [2.45, 2.75) is 78.7 Å². The van der Waals surface area contributed by atoms with E-state index in [1.165, 1.54) is 66.7 Å². The van der Waals surface area contributed by atoms with Gasteiger partial charge in [0.15, 0.2) is 0 Å². The standard InChI is InChI=1S/C20H32N4S/c1-4-6-8-10-12-22-20-24(13-11-9-7-5-2)18-14-16(3)17(23-21)15-19(18)25-20/h14-15,21H,4-13H2,1-3H3/p+1. The summed E-state index contributed by atoms with van der Waals surface area (Å²) >= 11 is 1.80. The van der Waals surface area contributed by atoms with Crippen molar-refractivity contribution in [1.29, 1.82) is 5.53 Å². The van der Waals surface area contributed by atoms with Crippen LogP contribution in [0.2, 0.25) is 0 Å². The Hall–Kier alpha value is -1.49. The van der Waals surface area contributed by atoms with E-state index in [9.17, 15) is 0 Å². The fourth-order valence-electron chi connectivity index (χ4n) is 3.14. The maximum Gasteiger partial charge on any atom is 0.334 e. The Balaban J connectivity index is 2.18. The minimum atomic E-state index is 0.779. The molecule has 4 nitrogen and oxygen atoms in total. The fourth-order valence-corrected chi connectivity index (χ4v) is 4.27. The van der Waals surface area contributed by atoms with E-state index in [1.54, 1.807) is 11.3 Å². The molecule has 0 aliphatic rings. The number of anilines is 1. The average Bonchev–Trinajstić information content (AvgIpc) is 2.94. The normalized spacial score (nSPS) is 11.2. The average molecular weight is 362 g/mol. The summed E-state index contributed by atoms with van der Waals surface area (Å²) in [4.78, 5) is 0. The highest BCUT2D eigenvalue weighted by molar-refractivity contribution is 7.21. The molecule has 0 bridgehead atoms. The molecule has 0 spiro atoms. The van der Waals surface area contributed by atoms with E-state index in [0.717, 1.165) is 24.3 Å². The zero-order chi connectivity index (χ0) is 18.1. The Kier molecular flexibility index (Phi) is 8.32. The fraction of sp³-hybridized carbons (Fsp3) is 0.650. The first kappa shape index (κ1) is 19.8. The summed E-state index contributed by atoms with van der Waals surface area (Å²) in [5.74, 6) is 0. The van der Waals surface area contributed by atoms with Gasteiger partial charge in [0.25, 0.3) is 0 Å². The number of aromatic nitrogens is 1. The first-order valence-electron chi connectivity index (χ1n) is 9.79. The second-order valence-corrected chi connectivity index (χ2v) is 7.86. The van der Waals surface area contributed by atoms with E-state index in [2.05, 4.69) is 41.0 Å². The Morgan fingerprint density at radius 1 is 1.04 bits per heavy atom. The third kappa shape index (κ3) is 5.50. The number of thiazole rings is 1. The van der Waals surface area contributed by atoms with Crippen molar-refractivity contribution in [3.05, 3.63) is 17.7 Å². The van der Waals surface area contributed by atoms with Crippen LogP contribution in [0.25, 0.3) is 10.2 Å². The number of hydrogen-bond acceptors (Lipinski definition) is 4. The van der Waals surface area contributed by atoms with E-state index in [4.69, 9.17) is 5.53 Å². The number of nitrogens with zero attached hydrogens (tertiary/aromatic N) is 2. The third-order valence-electron chi connectivity index (χ3n) is 4.68. The molecule has 0 amide bonds. The number of fused-ring (bicyclic) bond motifs is 1. The Bertz CT molecular complexity index is 678. The molecular weight excluding hydrogens is 328 g/mol. The summed E-state index contributed by atoms with van der Waals surface area (Å²) in [5.41, 5.74) is 10.5. The van der Waals surface area contributed by atoms with Crippen LogP contribution in [-0.2, 0) is 6.54 Å². The summed E-state index contributed by atoms with van der Waals surface area (Å²) in [6.07, 6.45) is 10.2. The molecule has 1 aromatic carbocycles. The maximum absolute atomic E-state index is 7.36. The molecule has 0 saturated carbocycles. The molecule has 5 heteroatoms. The molecule has 0 fully saturated rings. The first-order chi connectivity index (χ1) is 12.2. The number of unbranched alkanes of at least 4 members (excludes halogenated alkanes) is 6. The van der Waals surface area contributed by atoms with E-state index in [0.29, 0.717) is 0 Å². The zero-order valence-corrected chi connectivity index (χ0v) is 16.8. The zero-order valence-electron chi connectivity index (χ0n) is 16.0. The lowest BCUT2D eigenvalue weighted by Crippen LogP contribution is -2.35. The number of aryl methyl sites for hydroxylation is 2. The largest absolute Gasteiger partial charge is 0.334 e. The van der Waals surface area contributed by atoms with Crippen LogP contribution in [0.15, 0.2) is 17.2 Å². The van der Waals surface area contributed by atoms with Crippen LogP contribution in [0.5, 0.6) is 0 Å². The second-order valence-electron chi connectivity index (χ2n) is 6.83. The molecule has 0 saturated heterocycles. The minimum Gasteiger partial charge on any atom is -0.265 e. The Morgan fingerprint density at radius 3 is 2.44 bits per heavy atom. The Morgan fingerprint density at radius 2 is 1.76 bits per heavy atom. The number of benzene rings is 1. The van der Waals surface area contributed by atoms with Gasteiger partial charge in [0.05, 0.1) is 23.5 Å². The molecule has 138 valence electrons. The molecule has 2 N–H and O–H groups in total. The van der Waals surface area contributed by atoms with Gasteiger partial charge in [-0.05, 0) is 61.6 Å². The molecule has 2 rings (SSSR count). The highest BCUT2D eigenvalue weighted by Gasteiger charge is 2.19. The molecule has 25 heavy (non-hydrogen) atoms. The van der Waals surface area contributed by atoms with E-state index in [-0.39, 0.29) is 0 Å². The molecule has 2 aromatic rings. The molecule has 0 unspecified atom stereocenters. The van der Waals surface area contributed by atoms with E-state index in [1.807, 2.05) is 6.92 Å². The van der Waals surface area contributed by atoms with Gasteiger partial charge in [-0.25, -0.2) is 10.1 Å². The van der Waals surface area contributed by atoms with Crippen molar-refractivity contribution in [1.82, 2.24) is 0 Å². The Labute approximate surface area is 156 Å². The summed E-state index contributed by atoms with van der Waals surface area (Å²) in [6, 6.07) is 4.26. The van der Waals surface area contributed by atoms with Gasteiger partial charge in [-0.3, -0.25) is 5.32 Å². The molecule has 0 radical (unpaired) electrons. The lowest BCUT2D eigenvalue weighted by atomic mass is 10.2. The molecule has 1 aromatic heterocycles. The van der Waals surface area contributed by atoms with Crippen molar-refractivity contribution >= 4 is 32.4 Å². The van der Waals surface area contributed by atoms with Gasteiger partial charge in [-0.15, -0.1) is 0 Å². The van der Waals surface area contributed by atoms with Crippen LogP contribution in [0, 0.1) is 12.5 Å². The van der Waals surface area contributed by atoms with Gasteiger partial charge in [0.1, 0.15) is 5.52 Å². The van der Waals surface area contributed by atoms with Crippen LogP contribution >= 0.6 is 11.3 Å². The van der Waals surface area contributed by atoms with Crippen LogP contribution in [0.3, 0.4) is 0 Å². The summed E-state index contributed by atoms with van der Waals surface area (Å²) in [6.45, 7) is 8.65. The van der Waals surface area contributed by atoms with Crippen molar-refractivity contribution in [2.75, 3.05) is 11.9 Å². The van der Waals surface area contributed by atoms with E-state index < -0.39 is 0 Å². The van der Waals surface area contributed by atoms with Crippen molar-refractivity contribution in [2.24, 2.45) is 5.11 Å². The molecule has 0 atom stereocenters. The predicted octanol–water partition coefficient (Wildman–Crippen LogP) is 6.73. The SMILES string of the molecule is CCCCCCNc1sc2cc(N=N)c(C)cc2[n+]1CCCCCC. The van der Waals surface area contributed by atoms with Crippen LogP contribution in [0.4, 0.5) is 10.8 Å². The topological polar surface area (TPSA) is 52.1 Å². The molecule has 0 aliphatic carbocycles. The third-order valence-corrected chi connectivity index (χ3v) is 5.79. The van der Waals surface area contributed by atoms with Crippen LogP contribution in [-0.4, -0.2) is 6.54 Å². The number of hydrogen-bond donors (Lipinski definition) is 2. The van der Waals surface area contributed by atoms with Crippen molar-refractivity contribution in [3.8, 4) is 0 Å². The van der Waals surface area contributed by atoms with Gasteiger partial charge in [-0.2, -0.15) is 5.11 Å². The van der Waals surface area contributed by atoms with Crippen molar-refractivity contribution in [3.63, 3.8) is 0 Å². The van der Waals surface area contributed by atoms with Crippen LogP contribution in [0.1, 0.15) is 70.8 Å². The predicted molar refractivity (Wildman–Crippen MR) is 108 cm³/mol. The summed E-state index contributed by atoms with van der Waals surface area (Å²) < 4.78 is 3.67. The molecule has 0 aliphatic heterocycles. The highest BCUT2D eigenvalue weighted by Crippen LogP contribution is 2.31. The van der Waals surface area contributed by atoms with Gasteiger partial charge >= 0.3 is 5.13 Å². The first-order valence-corrected chi connectivity index (χ1v) is 10.6. The minimum absolute atomic E-state index is 0.779. The molecule has 1 heterocycles. The van der Waals surface area contributed by atoms with Gasteiger partial charge in [0.2, 0.25) is 0 Å². The van der Waals surface area contributed by atoms with Crippen LogP contribution < -0.4 is 9.88 Å². The van der Waals surface area contributed by atoms with Gasteiger partial charge < -0.3 is 0 Å². The highest BCUT2D eigenvalue weighted by atomic mass is 32.1.